The van der Waals surface area contributed by atoms with Crippen LogP contribution in [0.2, 0.25) is 0 Å². The van der Waals surface area contributed by atoms with E-state index >= 15 is 4.39 Å². The van der Waals surface area contributed by atoms with Crippen molar-refractivity contribution in [1.82, 2.24) is 10.2 Å². The summed E-state index contributed by atoms with van der Waals surface area (Å²) in [5.41, 5.74) is 0.194. The summed E-state index contributed by atoms with van der Waals surface area (Å²) >= 11 is 0. The lowest BCUT2D eigenvalue weighted by atomic mass is 9.92. The smallest absolute Gasteiger partial charge is 0.406 e. The first-order valence-electron chi connectivity index (χ1n) is 10.8. The third kappa shape index (κ3) is 5.03. The van der Waals surface area contributed by atoms with Gasteiger partial charge in [0.15, 0.2) is 5.78 Å². The summed E-state index contributed by atoms with van der Waals surface area (Å²) in [6.45, 7) is 1.38. The van der Waals surface area contributed by atoms with E-state index in [1.165, 1.54) is 29.2 Å². The molecule has 0 saturated heterocycles. The Morgan fingerprint density at radius 1 is 1.11 bits per heavy atom. The molecule has 11 heteroatoms. The van der Waals surface area contributed by atoms with Crippen LogP contribution in [0.3, 0.4) is 0 Å². The molecule has 1 aliphatic heterocycles. The molecular formula is C24H20F4N2O5. The van der Waals surface area contributed by atoms with Crippen molar-refractivity contribution in [1.29, 1.82) is 0 Å². The average molecular weight is 492 g/mol. The highest BCUT2D eigenvalue weighted by Gasteiger charge is 2.40. The number of nitrogens with zero attached hydrogens (tertiary/aromatic N) is 1. The quantitative estimate of drug-likeness (QED) is 0.506. The van der Waals surface area contributed by atoms with E-state index in [0.717, 1.165) is 12.1 Å². The molecule has 35 heavy (non-hydrogen) atoms. The van der Waals surface area contributed by atoms with E-state index in [1.54, 1.807) is 6.92 Å². The highest BCUT2D eigenvalue weighted by Crippen LogP contribution is 2.32. The van der Waals surface area contributed by atoms with E-state index in [4.69, 9.17) is 0 Å². The van der Waals surface area contributed by atoms with E-state index < -0.39 is 41.8 Å². The van der Waals surface area contributed by atoms with E-state index in [1.807, 2.05) is 0 Å². The number of alkyl halides is 3. The van der Waals surface area contributed by atoms with Crippen LogP contribution in [0, 0.1) is 5.82 Å². The van der Waals surface area contributed by atoms with Crippen LogP contribution in [0.15, 0.2) is 36.4 Å². The number of rotatable bonds is 5. The van der Waals surface area contributed by atoms with Crippen LogP contribution in [0.25, 0.3) is 0 Å². The summed E-state index contributed by atoms with van der Waals surface area (Å²) in [7, 11) is 0. The summed E-state index contributed by atoms with van der Waals surface area (Å²) in [4.78, 5) is 50.5. The second kappa shape index (κ2) is 9.12. The molecule has 1 heterocycles. The van der Waals surface area contributed by atoms with Gasteiger partial charge in [0.05, 0.1) is 30.6 Å². The molecule has 0 spiro atoms. The molecule has 1 N–H and O–H groups in total. The van der Waals surface area contributed by atoms with E-state index in [9.17, 15) is 32.3 Å². The Labute approximate surface area is 197 Å². The molecule has 2 aromatic carbocycles. The first-order chi connectivity index (χ1) is 16.4. The minimum Gasteiger partial charge on any atom is -0.406 e. The van der Waals surface area contributed by atoms with Crippen LogP contribution in [0.1, 0.15) is 64.1 Å². The molecular weight excluding hydrogens is 472 g/mol. The van der Waals surface area contributed by atoms with Gasteiger partial charge in [-0.1, -0.05) is 12.1 Å². The summed E-state index contributed by atoms with van der Waals surface area (Å²) in [6, 6.07) is 5.88. The molecule has 2 aromatic rings. The van der Waals surface area contributed by atoms with Crippen LogP contribution < -0.4 is 10.1 Å². The highest BCUT2D eigenvalue weighted by molar-refractivity contribution is 6.08. The molecule has 0 aromatic heterocycles. The zero-order valence-electron chi connectivity index (χ0n) is 18.4. The Morgan fingerprint density at radius 3 is 2.43 bits per heavy atom. The van der Waals surface area contributed by atoms with Gasteiger partial charge in [-0.05, 0) is 43.2 Å². The highest BCUT2D eigenvalue weighted by atomic mass is 19.4. The number of ether oxygens (including phenoxy) is 1. The molecule has 0 radical (unpaired) electrons. The Morgan fingerprint density at radius 2 is 1.80 bits per heavy atom. The number of carbonyl (C=O) groups excluding carboxylic acids is 4. The van der Waals surface area contributed by atoms with Crippen LogP contribution >= 0.6 is 0 Å². The number of fused-ring (bicyclic) bond motifs is 1. The maximum absolute atomic E-state index is 15.3. The van der Waals surface area contributed by atoms with Gasteiger partial charge in [-0.3, -0.25) is 19.2 Å². The van der Waals surface area contributed by atoms with Crippen LogP contribution in [0.5, 0.6) is 5.75 Å². The second-order valence-electron chi connectivity index (χ2n) is 8.43. The van der Waals surface area contributed by atoms with Crippen molar-refractivity contribution >= 4 is 23.4 Å². The first-order valence-corrected chi connectivity index (χ1v) is 10.8. The molecule has 2 aliphatic rings. The van der Waals surface area contributed by atoms with Gasteiger partial charge in [0, 0.05) is 17.5 Å². The fourth-order valence-electron chi connectivity index (χ4n) is 4.30. The molecule has 184 valence electrons. The summed E-state index contributed by atoms with van der Waals surface area (Å²) < 4.78 is 56.0. The van der Waals surface area contributed by atoms with Gasteiger partial charge in [0.25, 0.3) is 11.8 Å². The van der Waals surface area contributed by atoms with Crippen molar-refractivity contribution < 1.29 is 41.5 Å². The van der Waals surface area contributed by atoms with Gasteiger partial charge < -0.3 is 15.0 Å². The largest absolute Gasteiger partial charge is 0.573 e. The van der Waals surface area contributed by atoms with Crippen molar-refractivity contribution in [3.8, 4) is 5.75 Å². The van der Waals surface area contributed by atoms with Crippen LogP contribution in [0.4, 0.5) is 17.6 Å². The van der Waals surface area contributed by atoms with Gasteiger partial charge in [0.2, 0.25) is 0 Å². The number of Topliss-reactive ketones (excluding diaryl/α,β-unsaturated/α-hetero) is 2. The topological polar surface area (TPSA) is 92.8 Å². The van der Waals surface area contributed by atoms with Crippen molar-refractivity contribution in [3.05, 3.63) is 64.5 Å². The number of hydrogen-bond donors (Lipinski definition) is 1. The second-order valence-corrected chi connectivity index (χ2v) is 8.43. The molecule has 2 atom stereocenters. The van der Waals surface area contributed by atoms with E-state index in [-0.39, 0.29) is 54.1 Å². The Kier molecular flexibility index (Phi) is 6.35. The predicted molar refractivity (Wildman–Crippen MR) is 113 cm³/mol. The number of amides is 2. The third-order valence-electron chi connectivity index (χ3n) is 6.08. The number of halogens is 4. The summed E-state index contributed by atoms with van der Waals surface area (Å²) in [5, 5.41) is 2.58. The molecule has 0 bridgehead atoms. The third-order valence-corrected chi connectivity index (χ3v) is 6.08. The van der Waals surface area contributed by atoms with Crippen molar-refractivity contribution in [2.24, 2.45) is 0 Å². The number of benzene rings is 2. The Balaban J connectivity index is 1.47. The average Bonchev–Trinajstić information content (AvgIpc) is 3.10. The predicted octanol–water partition coefficient (Wildman–Crippen LogP) is 3.86. The van der Waals surface area contributed by atoms with E-state index in [0.29, 0.717) is 5.56 Å². The standard InChI is InChI=1S/C24H20F4N2O5/c1-12(13-2-5-15(6-3-13)35-24(26,27)28)29-22(33)17-8-7-16-18(21(17)25)11-30(23(16)34)19-9-4-14(31)10-20(19)32/h2-3,5-8,12,19H,4,9-11H2,1H3,(H,29,33)/t12-,19?/m0/s1. The lowest BCUT2D eigenvalue weighted by Crippen LogP contribution is -2.44. The maximum Gasteiger partial charge on any atom is 0.573 e. The lowest BCUT2D eigenvalue weighted by Gasteiger charge is -2.29. The Bertz CT molecular complexity index is 1210. The maximum atomic E-state index is 15.3. The normalized spacial score (nSPS) is 18.9. The van der Waals surface area contributed by atoms with Crippen molar-refractivity contribution in [2.75, 3.05) is 0 Å². The summed E-state index contributed by atoms with van der Waals surface area (Å²) in [6.07, 6.45) is -4.75. The molecule has 4 rings (SSSR count). The van der Waals surface area contributed by atoms with Crippen molar-refractivity contribution in [3.63, 3.8) is 0 Å². The summed E-state index contributed by atoms with van der Waals surface area (Å²) in [5.74, 6) is -3.21. The number of ketones is 2. The number of nitrogens with one attached hydrogen (secondary N) is 1. The molecule has 2 amide bonds. The first kappa shape index (κ1) is 24.4. The van der Waals surface area contributed by atoms with Gasteiger partial charge in [-0.25, -0.2) is 4.39 Å². The molecule has 7 nitrogen and oxygen atoms in total. The zero-order chi connectivity index (χ0) is 25.5. The monoisotopic (exact) mass is 492 g/mol. The number of carbonyl (C=O) groups is 4. The van der Waals surface area contributed by atoms with Crippen LogP contribution in [-0.2, 0) is 16.1 Å². The molecule has 1 saturated carbocycles. The van der Waals surface area contributed by atoms with Gasteiger partial charge in [-0.15, -0.1) is 13.2 Å². The fraction of sp³-hybridized carbons (Fsp3) is 0.333. The van der Waals surface area contributed by atoms with Gasteiger partial charge in [-0.2, -0.15) is 0 Å². The van der Waals surface area contributed by atoms with Crippen molar-refractivity contribution in [2.45, 2.75) is 51.2 Å². The van der Waals surface area contributed by atoms with Crippen LogP contribution in [-0.4, -0.2) is 40.7 Å². The SMILES string of the molecule is C[C@H](NC(=O)c1ccc2c(c1F)CN(C1CCC(=O)CC1=O)C2=O)c1ccc(OC(F)(F)F)cc1. The number of hydrogen-bond acceptors (Lipinski definition) is 5. The molecule has 1 unspecified atom stereocenters. The minimum atomic E-state index is -4.83. The van der Waals surface area contributed by atoms with E-state index in [2.05, 4.69) is 10.1 Å². The van der Waals surface area contributed by atoms with Gasteiger partial charge in [0.1, 0.15) is 17.3 Å². The molecule has 1 aliphatic carbocycles. The molecule has 1 fully saturated rings. The zero-order valence-corrected chi connectivity index (χ0v) is 18.4. The fourth-order valence-corrected chi connectivity index (χ4v) is 4.30. The Hall–Kier alpha value is -3.76. The lowest BCUT2D eigenvalue weighted by molar-refractivity contribution is -0.274. The van der Waals surface area contributed by atoms with Gasteiger partial charge >= 0.3 is 6.36 Å². The minimum absolute atomic E-state index is 0.00587.